The van der Waals surface area contributed by atoms with Gasteiger partial charge in [0.15, 0.2) is 0 Å². The van der Waals surface area contributed by atoms with E-state index in [9.17, 15) is 9.90 Å². The number of rotatable bonds is 3. The minimum Gasteiger partial charge on any atom is -0.480 e. The second-order valence-electron chi connectivity index (χ2n) is 4.52. The first kappa shape index (κ1) is 11.8. The van der Waals surface area contributed by atoms with E-state index in [0.717, 1.165) is 39.0 Å². The van der Waals surface area contributed by atoms with Crippen molar-refractivity contribution in [2.45, 2.75) is 18.9 Å². The van der Waals surface area contributed by atoms with Gasteiger partial charge in [-0.15, -0.1) is 0 Å². The highest BCUT2D eigenvalue weighted by atomic mass is 16.5. The topological polar surface area (TPSA) is 61.8 Å². The minimum atomic E-state index is -0.672. The number of hydrogen-bond acceptors (Lipinski definition) is 4. The maximum absolute atomic E-state index is 11.4. The molecule has 0 amide bonds. The number of hydrogen-bond donors (Lipinski definition) is 2. The van der Waals surface area contributed by atoms with E-state index < -0.39 is 5.97 Å². The van der Waals surface area contributed by atoms with Gasteiger partial charge in [0.2, 0.25) is 0 Å². The van der Waals surface area contributed by atoms with Crippen molar-refractivity contribution in [3.05, 3.63) is 0 Å². The number of piperazine rings is 1. The zero-order valence-electron chi connectivity index (χ0n) is 9.52. The lowest BCUT2D eigenvalue weighted by Gasteiger charge is -2.38. The first-order chi connectivity index (χ1) is 7.79. The first-order valence-corrected chi connectivity index (χ1v) is 6.04. The molecule has 2 rings (SSSR count). The molecule has 2 N–H and O–H groups in total. The summed E-state index contributed by atoms with van der Waals surface area (Å²) in [6.45, 7) is 4.89. The molecule has 1 unspecified atom stereocenters. The molecule has 2 aliphatic heterocycles. The van der Waals surface area contributed by atoms with Crippen LogP contribution in [0.15, 0.2) is 0 Å². The zero-order chi connectivity index (χ0) is 11.4. The molecule has 2 heterocycles. The summed E-state index contributed by atoms with van der Waals surface area (Å²) in [6.07, 6.45) is 1.75. The van der Waals surface area contributed by atoms with Gasteiger partial charge in [-0.25, -0.2) is 0 Å². The van der Waals surface area contributed by atoms with Crippen LogP contribution in [0.5, 0.6) is 0 Å². The van der Waals surface area contributed by atoms with Crippen LogP contribution in [0.1, 0.15) is 12.8 Å². The van der Waals surface area contributed by atoms with Gasteiger partial charge in [0, 0.05) is 39.4 Å². The summed E-state index contributed by atoms with van der Waals surface area (Å²) in [7, 11) is 0. The average molecular weight is 228 g/mol. The van der Waals surface area contributed by atoms with Crippen molar-refractivity contribution < 1.29 is 14.6 Å². The van der Waals surface area contributed by atoms with Gasteiger partial charge in [-0.3, -0.25) is 9.69 Å². The van der Waals surface area contributed by atoms with E-state index in [-0.39, 0.29) is 12.0 Å². The molecule has 0 bridgehead atoms. The van der Waals surface area contributed by atoms with E-state index in [1.165, 1.54) is 0 Å². The average Bonchev–Trinajstić information content (AvgIpc) is 2.31. The molecule has 5 heteroatoms. The van der Waals surface area contributed by atoms with E-state index >= 15 is 0 Å². The molecule has 0 spiro atoms. The van der Waals surface area contributed by atoms with Crippen molar-refractivity contribution in [3.8, 4) is 0 Å². The predicted octanol–water partition coefficient (Wildman–Crippen LogP) is -0.229. The molecule has 0 aliphatic carbocycles. The third-order valence-electron chi connectivity index (χ3n) is 3.51. The molecule has 92 valence electrons. The van der Waals surface area contributed by atoms with Crippen LogP contribution in [-0.4, -0.2) is 61.4 Å². The van der Waals surface area contributed by atoms with Gasteiger partial charge in [0.05, 0.1) is 0 Å². The summed E-state index contributed by atoms with van der Waals surface area (Å²) in [5, 5.41) is 12.6. The van der Waals surface area contributed by atoms with Crippen molar-refractivity contribution in [1.29, 1.82) is 0 Å². The molecule has 0 aromatic heterocycles. The smallest absolute Gasteiger partial charge is 0.321 e. The number of carbonyl (C=O) groups is 1. The number of ether oxygens (including phenoxy) is 1. The SMILES string of the molecule is O=C(O)C(C1CCOCC1)N1CCNCC1. The van der Waals surface area contributed by atoms with Crippen LogP contribution < -0.4 is 5.32 Å². The highest BCUT2D eigenvalue weighted by molar-refractivity contribution is 5.74. The maximum Gasteiger partial charge on any atom is 0.321 e. The van der Waals surface area contributed by atoms with Crippen LogP contribution in [0, 0.1) is 5.92 Å². The molecule has 0 aromatic carbocycles. The molecule has 2 saturated heterocycles. The molecular formula is C11H20N2O3. The largest absolute Gasteiger partial charge is 0.480 e. The van der Waals surface area contributed by atoms with Gasteiger partial charge >= 0.3 is 5.97 Å². The quantitative estimate of drug-likeness (QED) is 0.699. The third kappa shape index (κ3) is 2.72. The summed E-state index contributed by atoms with van der Waals surface area (Å²) < 4.78 is 5.29. The Morgan fingerprint density at radius 2 is 1.94 bits per heavy atom. The lowest BCUT2D eigenvalue weighted by Crippen LogP contribution is -2.54. The van der Waals surface area contributed by atoms with Gasteiger partial charge in [0.25, 0.3) is 0 Å². The van der Waals surface area contributed by atoms with E-state index in [4.69, 9.17) is 4.74 Å². The molecule has 5 nitrogen and oxygen atoms in total. The molecule has 0 radical (unpaired) electrons. The van der Waals surface area contributed by atoms with Crippen molar-refractivity contribution in [3.63, 3.8) is 0 Å². The number of carboxylic acids is 1. The molecule has 2 fully saturated rings. The summed E-state index contributed by atoms with van der Waals surface area (Å²) in [5.41, 5.74) is 0. The fourth-order valence-corrected chi connectivity index (χ4v) is 2.65. The lowest BCUT2D eigenvalue weighted by molar-refractivity contribution is -0.147. The van der Waals surface area contributed by atoms with E-state index in [1.807, 2.05) is 0 Å². The molecule has 1 atom stereocenters. The van der Waals surface area contributed by atoms with Gasteiger partial charge in [-0.2, -0.15) is 0 Å². The normalized spacial score (nSPS) is 26.5. The van der Waals surface area contributed by atoms with Crippen LogP contribution in [0.25, 0.3) is 0 Å². The van der Waals surface area contributed by atoms with Crippen molar-refractivity contribution >= 4 is 5.97 Å². The van der Waals surface area contributed by atoms with Crippen molar-refractivity contribution in [2.24, 2.45) is 5.92 Å². The van der Waals surface area contributed by atoms with Gasteiger partial charge in [-0.05, 0) is 18.8 Å². The Bertz CT molecular complexity index is 217. The Hall–Kier alpha value is -0.650. The highest BCUT2D eigenvalue weighted by Gasteiger charge is 2.34. The van der Waals surface area contributed by atoms with Crippen LogP contribution in [0.3, 0.4) is 0 Å². The highest BCUT2D eigenvalue weighted by Crippen LogP contribution is 2.23. The monoisotopic (exact) mass is 228 g/mol. The molecule has 0 saturated carbocycles. The van der Waals surface area contributed by atoms with E-state index in [2.05, 4.69) is 10.2 Å². The Labute approximate surface area is 95.8 Å². The molecule has 0 aromatic rings. The lowest BCUT2D eigenvalue weighted by atomic mass is 9.90. The number of aliphatic carboxylic acids is 1. The Balaban J connectivity index is 1.99. The Morgan fingerprint density at radius 3 is 2.50 bits per heavy atom. The standard InChI is InChI=1S/C11H20N2O3/c14-11(15)10(9-1-7-16-8-2-9)13-5-3-12-4-6-13/h9-10,12H,1-8H2,(H,14,15). The summed E-state index contributed by atoms with van der Waals surface area (Å²) in [5.74, 6) is -0.418. The predicted molar refractivity (Wildman–Crippen MR) is 59.4 cm³/mol. The van der Waals surface area contributed by atoms with Crippen LogP contribution in [0.4, 0.5) is 0 Å². The minimum absolute atomic E-state index is 0.254. The Kier molecular flexibility index (Phi) is 4.15. The number of carboxylic acid groups (broad SMARTS) is 1. The van der Waals surface area contributed by atoms with Crippen LogP contribution in [0.2, 0.25) is 0 Å². The fourth-order valence-electron chi connectivity index (χ4n) is 2.65. The third-order valence-corrected chi connectivity index (χ3v) is 3.51. The van der Waals surface area contributed by atoms with Crippen LogP contribution >= 0.6 is 0 Å². The van der Waals surface area contributed by atoms with Gasteiger partial charge in [-0.1, -0.05) is 0 Å². The van der Waals surface area contributed by atoms with Crippen molar-refractivity contribution in [1.82, 2.24) is 10.2 Å². The molecule has 2 aliphatic rings. The molecular weight excluding hydrogens is 208 g/mol. The number of nitrogens with zero attached hydrogens (tertiary/aromatic N) is 1. The van der Waals surface area contributed by atoms with Crippen molar-refractivity contribution in [2.75, 3.05) is 39.4 Å². The second kappa shape index (κ2) is 5.61. The summed E-state index contributed by atoms with van der Waals surface area (Å²) in [6, 6.07) is -0.314. The summed E-state index contributed by atoms with van der Waals surface area (Å²) >= 11 is 0. The Morgan fingerprint density at radius 1 is 1.31 bits per heavy atom. The van der Waals surface area contributed by atoms with E-state index in [1.54, 1.807) is 0 Å². The van der Waals surface area contributed by atoms with E-state index in [0.29, 0.717) is 13.2 Å². The van der Waals surface area contributed by atoms with Gasteiger partial charge < -0.3 is 15.2 Å². The first-order valence-electron chi connectivity index (χ1n) is 6.04. The van der Waals surface area contributed by atoms with Gasteiger partial charge in [0.1, 0.15) is 6.04 Å². The van der Waals surface area contributed by atoms with Crippen LogP contribution in [-0.2, 0) is 9.53 Å². The zero-order valence-corrected chi connectivity index (χ0v) is 9.52. The summed E-state index contributed by atoms with van der Waals surface area (Å²) in [4.78, 5) is 13.5. The fraction of sp³-hybridized carbons (Fsp3) is 0.909. The number of nitrogens with one attached hydrogen (secondary N) is 1. The molecule has 16 heavy (non-hydrogen) atoms. The maximum atomic E-state index is 11.4. The second-order valence-corrected chi connectivity index (χ2v) is 4.52.